The maximum atomic E-state index is 11.6. The monoisotopic (exact) mass is 670 g/mol. The molecule has 0 spiro atoms. The molecule has 46 heavy (non-hydrogen) atoms. The van der Waals surface area contributed by atoms with Crippen LogP contribution in [0.25, 0.3) is 0 Å². The maximum Gasteiger partial charge on any atom is 0.308 e. The van der Waals surface area contributed by atoms with Crippen LogP contribution in [0.1, 0.15) is 59.8 Å². The summed E-state index contributed by atoms with van der Waals surface area (Å²) in [7, 11) is 0. The first-order chi connectivity index (χ1) is 22.5. The number of ether oxygens (including phenoxy) is 12. The minimum atomic E-state index is -0.472. The summed E-state index contributed by atoms with van der Waals surface area (Å²) < 4.78 is 65.3. The molecule has 0 aromatic heterocycles. The molecule has 0 unspecified atom stereocenters. The number of rotatable bonds is 38. The van der Waals surface area contributed by atoms with Gasteiger partial charge < -0.3 is 56.8 Å². The zero-order valence-corrected chi connectivity index (χ0v) is 29.4. The van der Waals surface area contributed by atoms with Crippen molar-refractivity contribution < 1.29 is 61.6 Å². The van der Waals surface area contributed by atoms with Crippen molar-refractivity contribution in [2.24, 2.45) is 0 Å². The Bertz CT molecular complexity index is 605. The zero-order valence-electron chi connectivity index (χ0n) is 29.4. The van der Waals surface area contributed by atoms with Gasteiger partial charge in [-0.2, -0.15) is 0 Å². The summed E-state index contributed by atoms with van der Waals surface area (Å²) in [6.07, 6.45) is 5.12. The molecule has 0 rings (SSSR count). The minimum Gasteiger partial charge on any atom is -0.460 e. The summed E-state index contributed by atoms with van der Waals surface area (Å²) in [5, 5.41) is 0. The van der Waals surface area contributed by atoms with Crippen LogP contribution >= 0.6 is 0 Å². The molecule has 13 nitrogen and oxygen atoms in total. The smallest absolute Gasteiger partial charge is 0.308 e. The van der Waals surface area contributed by atoms with Crippen LogP contribution in [0.4, 0.5) is 0 Å². The molecule has 0 saturated carbocycles. The van der Waals surface area contributed by atoms with Crippen molar-refractivity contribution in [1.29, 1.82) is 0 Å². The molecule has 0 aromatic rings. The van der Waals surface area contributed by atoms with Crippen LogP contribution in [0.15, 0.2) is 0 Å². The second-order valence-electron chi connectivity index (χ2n) is 11.1. The summed E-state index contributed by atoms with van der Waals surface area (Å²) in [5.74, 6) is -0.263. The van der Waals surface area contributed by atoms with Crippen LogP contribution in [0.5, 0.6) is 0 Å². The van der Waals surface area contributed by atoms with Crippen molar-refractivity contribution in [2.75, 3.05) is 145 Å². The van der Waals surface area contributed by atoms with Crippen molar-refractivity contribution in [3.05, 3.63) is 0 Å². The highest BCUT2D eigenvalue weighted by atomic mass is 16.6. The van der Waals surface area contributed by atoms with Crippen LogP contribution in [-0.2, 0) is 61.6 Å². The van der Waals surface area contributed by atoms with E-state index in [2.05, 4.69) is 6.92 Å². The van der Waals surface area contributed by atoms with Crippen molar-refractivity contribution in [1.82, 2.24) is 0 Å². The molecule has 0 amide bonds. The van der Waals surface area contributed by atoms with Gasteiger partial charge in [0.1, 0.15) is 5.60 Å². The van der Waals surface area contributed by atoms with Crippen LogP contribution in [-0.4, -0.2) is 157 Å². The molecule has 0 aliphatic rings. The minimum absolute atomic E-state index is 0.234. The molecular formula is C33H66O13. The van der Waals surface area contributed by atoms with E-state index in [9.17, 15) is 4.79 Å². The van der Waals surface area contributed by atoms with Gasteiger partial charge in [0.25, 0.3) is 0 Å². The average Bonchev–Trinajstić information content (AvgIpc) is 3.01. The Kier molecular flexibility index (Phi) is 36.1. The van der Waals surface area contributed by atoms with Crippen molar-refractivity contribution >= 4 is 5.97 Å². The molecule has 0 aliphatic heterocycles. The normalized spacial score (nSPS) is 11.8. The quantitative estimate of drug-likeness (QED) is 0.0703. The first kappa shape index (κ1) is 45.0. The summed E-state index contributed by atoms with van der Waals surface area (Å²) in [6.45, 7) is 19.2. The lowest BCUT2D eigenvalue weighted by molar-refractivity contribution is -0.156. The molecule has 0 heterocycles. The van der Waals surface area contributed by atoms with E-state index in [-0.39, 0.29) is 12.4 Å². The topological polar surface area (TPSA) is 128 Å². The van der Waals surface area contributed by atoms with Gasteiger partial charge in [-0.15, -0.1) is 0 Å². The predicted molar refractivity (Wildman–Crippen MR) is 174 cm³/mol. The van der Waals surface area contributed by atoms with Gasteiger partial charge in [-0.25, -0.2) is 0 Å². The first-order valence-electron chi connectivity index (χ1n) is 17.0. The van der Waals surface area contributed by atoms with E-state index in [1.807, 2.05) is 20.8 Å². The fourth-order valence-electron chi connectivity index (χ4n) is 3.48. The van der Waals surface area contributed by atoms with E-state index in [1.165, 1.54) is 19.3 Å². The number of carbonyl (C=O) groups is 1. The largest absolute Gasteiger partial charge is 0.460 e. The molecule has 0 aliphatic carbocycles. The molecule has 0 fully saturated rings. The summed E-state index contributed by atoms with van der Waals surface area (Å²) in [4.78, 5) is 11.6. The second-order valence-corrected chi connectivity index (χ2v) is 11.1. The van der Waals surface area contributed by atoms with Gasteiger partial charge in [-0.3, -0.25) is 4.79 Å². The summed E-state index contributed by atoms with van der Waals surface area (Å²) in [5.41, 5.74) is -0.472. The fourth-order valence-corrected chi connectivity index (χ4v) is 3.48. The number of hydrogen-bond acceptors (Lipinski definition) is 13. The molecule has 0 bridgehead atoms. The molecule has 0 radical (unpaired) electrons. The van der Waals surface area contributed by atoms with E-state index < -0.39 is 5.60 Å². The Morgan fingerprint density at radius 3 is 0.891 bits per heavy atom. The lowest BCUT2D eigenvalue weighted by Crippen LogP contribution is -2.24. The molecule has 276 valence electrons. The van der Waals surface area contributed by atoms with Gasteiger partial charge in [0.2, 0.25) is 0 Å². The highest BCUT2D eigenvalue weighted by Crippen LogP contribution is 2.08. The van der Waals surface area contributed by atoms with Crippen molar-refractivity contribution in [3.63, 3.8) is 0 Å². The highest BCUT2D eigenvalue weighted by Gasteiger charge is 2.15. The van der Waals surface area contributed by atoms with Crippen LogP contribution in [0.3, 0.4) is 0 Å². The highest BCUT2D eigenvalue weighted by molar-refractivity contribution is 5.69. The van der Waals surface area contributed by atoms with Crippen LogP contribution in [0, 0.1) is 0 Å². The van der Waals surface area contributed by atoms with E-state index in [4.69, 9.17) is 56.8 Å². The Balaban J connectivity index is 3.09. The Hall–Kier alpha value is -0.970. The Morgan fingerprint density at radius 1 is 0.370 bits per heavy atom. The number of esters is 1. The third-order valence-electron chi connectivity index (χ3n) is 5.73. The van der Waals surface area contributed by atoms with Gasteiger partial charge in [0, 0.05) is 6.61 Å². The molecule has 0 N–H and O–H groups in total. The van der Waals surface area contributed by atoms with Crippen LogP contribution < -0.4 is 0 Å². The van der Waals surface area contributed by atoms with Gasteiger partial charge in [0.15, 0.2) is 0 Å². The third kappa shape index (κ3) is 41.1. The maximum absolute atomic E-state index is 11.6. The molecule has 13 heteroatoms. The fraction of sp³-hybridized carbons (Fsp3) is 0.970. The van der Waals surface area contributed by atoms with E-state index in [0.29, 0.717) is 139 Å². The van der Waals surface area contributed by atoms with Crippen molar-refractivity contribution in [3.8, 4) is 0 Å². The molecule has 0 atom stereocenters. The summed E-state index contributed by atoms with van der Waals surface area (Å²) in [6, 6.07) is 0. The first-order valence-corrected chi connectivity index (χ1v) is 17.0. The van der Waals surface area contributed by atoms with E-state index in [1.54, 1.807) is 0 Å². The van der Waals surface area contributed by atoms with E-state index >= 15 is 0 Å². The predicted octanol–water partition coefficient (Wildman–Crippen LogP) is 3.48. The van der Waals surface area contributed by atoms with Crippen LogP contribution in [0.2, 0.25) is 0 Å². The Labute approximate surface area is 278 Å². The lowest BCUT2D eigenvalue weighted by atomic mass is 10.2. The van der Waals surface area contributed by atoms with Crippen molar-refractivity contribution in [2.45, 2.75) is 65.4 Å². The number of carbonyl (C=O) groups excluding carboxylic acids is 1. The number of unbranched alkanes of at least 4 members (excludes halogenated alkanes) is 3. The summed E-state index contributed by atoms with van der Waals surface area (Å²) >= 11 is 0. The molecular weight excluding hydrogens is 604 g/mol. The number of hydrogen-bond donors (Lipinski definition) is 0. The Morgan fingerprint density at radius 2 is 0.630 bits per heavy atom. The molecule has 0 aromatic carbocycles. The molecule has 0 saturated heterocycles. The average molecular weight is 671 g/mol. The lowest BCUT2D eigenvalue weighted by Gasteiger charge is -2.19. The van der Waals surface area contributed by atoms with E-state index in [0.717, 1.165) is 13.0 Å². The van der Waals surface area contributed by atoms with Gasteiger partial charge in [0.05, 0.1) is 145 Å². The second kappa shape index (κ2) is 36.9. The van der Waals surface area contributed by atoms with Gasteiger partial charge in [-0.1, -0.05) is 26.2 Å². The SMILES string of the molecule is CCCCCCOCCOCCOCCOCCOCCOCCOCCOCCOCCOCCOCCC(=O)OC(C)(C)C. The zero-order chi connectivity index (χ0) is 33.7. The standard InChI is InChI=1S/C33H66O13/c1-5-6-7-8-10-35-12-14-37-16-18-39-20-22-41-24-26-43-28-30-45-31-29-44-27-25-42-23-21-40-19-17-38-15-13-36-11-9-32(34)46-33(2,3)4/h5-31H2,1-4H3. The third-order valence-corrected chi connectivity index (χ3v) is 5.73. The van der Waals surface area contributed by atoms with Gasteiger partial charge >= 0.3 is 5.97 Å². The van der Waals surface area contributed by atoms with Gasteiger partial charge in [-0.05, 0) is 27.2 Å².